The molecule has 0 saturated heterocycles. The third-order valence-electron chi connectivity index (χ3n) is 2.58. The Morgan fingerprint density at radius 3 is 2.45 bits per heavy atom. The van der Waals surface area contributed by atoms with Gasteiger partial charge in [-0.25, -0.2) is 0 Å². The largest absolute Gasteiger partial charge is 0.417 e. The van der Waals surface area contributed by atoms with Crippen LogP contribution in [-0.2, 0) is 13.2 Å². The number of nitrogens with zero attached hydrogens (tertiary/aromatic N) is 4. The van der Waals surface area contributed by atoms with Gasteiger partial charge in [0.25, 0.3) is 5.69 Å². The average Bonchev–Trinajstić information content (AvgIpc) is 2.68. The van der Waals surface area contributed by atoms with Gasteiger partial charge in [-0.15, -0.1) is 10.2 Å². The van der Waals surface area contributed by atoms with Crippen molar-refractivity contribution >= 4 is 17.3 Å². The molecule has 0 aliphatic rings. The number of nitro benzene ring substituents is 1. The molecule has 0 bridgehead atoms. The lowest BCUT2D eigenvalue weighted by Crippen LogP contribution is -2.09. The smallest absolute Gasteiger partial charge is 0.301 e. The van der Waals surface area contributed by atoms with Crippen molar-refractivity contribution in [2.45, 2.75) is 6.18 Å². The van der Waals surface area contributed by atoms with E-state index in [4.69, 9.17) is 11.6 Å². The van der Waals surface area contributed by atoms with Crippen LogP contribution in [0.3, 0.4) is 0 Å². The average molecular weight is 307 g/mol. The molecule has 0 aliphatic carbocycles. The number of rotatable bonds is 2. The maximum Gasteiger partial charge on any atom is 0.417 e. The Bertz CT molecular complexity index is 684. The lowest BCUT2D eigenvalue weighted by Gasteiger charge is -2.11. The minimum Gasteiger partial charge on any atom is -0.301 e. The number of hydrogen-bond acceptors (Lipinski definition) is 4. The molecule has 2 aromatic rings. The minimum atomic E-state index is -4.76. The van der Waals surface area contributed by atoms with Crippen LogP contribution in [0, 0.1) is 10.1 Å². The van der Waals surface area contributed by atoms with E-state index >= 15 is 0 Å². The van der Waals surface area contributed by atoms with Gasteiger partial charge in [0.2, 0.25) is 5.28 Å². The van der Waals surface area contributed by atoms with Crippen molar-refractivity contribution in [1.29, 1.82) is 0 Å². The van der Waals surface area contributed by atoms with E-state index in [0.29, 0.717) is 6.07 Å². The maximum absolute atomic E-state index is 13.0. The number of hydrogen-bond donors (Lipinski definition) is 0. The first-order valence-electron chi connectivity index (χ1n) is 5.12. The molecule has 0 amide bonds. The summed E-state index contributed by atoms with van der Waals surface area (Å²) < 4.78 is 40.2. The number of non-ortho nitro benzene ring substituents is 1. The Morgan fingerprint density at radius 1 is 1.35 bits per heavy atom. The van der Waals surface area contributed by atoms with Crippen molar-refractivity contribution in [3.05, 3.63) is 39.2 Å². The molecule has 0 spiro atoms. The fourth-order valence-electron chi connectivity index (χ4n) is 1.62. The molecule has 1 aromatic heterocycles. The van der Waals surface area contributed by atoms with Gasteiger partial charge < -0.3 is 4.57 Å². The highest BCUT2D eigenvalue weighted by Gasteiger charge is 2.36. The monoisotopic (exact) mass is 306 g/mol. The van der Waals surface area contributed by atoms with Crippen LogP contribution in [0.1, 0.15) is 5.56 Å². The highest BCUT2D eigenvalue weighted by atomic mass is 35.5. The van der Waals surface area contributed by atoms with Gasteiger partial charge in [0.15, 0.2) is 5.82 Å². The first-order chi connectivity index (χ1) is 9.21. The first-order valence-corrected chi connectivity index (χ1v) is 5.50. The first kappa shape index (κ1) is 14.3. The molecule has 2 rings (SSSR count). The van der Waals surface area contributed by atoms with E-state index in [1.165, 1.54) is 7.05 Å². The highest BCUT2D eigenvalue weighted by molar-refractivity contribution is 6.28. The molecule has 1 heterocycles. The van der Waals surface area contributed by atoms with Gasteiger partial charge in [0, 0.05) is 24.7 Å². The van der Waals surface area contributed by atoms with E-state index in [-0.39, 0.29) is 16.7 Å². The van der Waals surface area contributed by atoms with Crippen molar-refractivity contribution in [2.75, 3.05) is 0 Å². The predicted octanol–water partition coefficient (Wildman–Crippen LogP) is 3.06. The van der Waals surface area contributed by atoms with Crippen molar-refractivity contribution in [3.8, 4) is 11.4 Å². The van der Waals surface area contributed by atoms with Gasteiger partial charge in [-0.05, 0) is 17.7 Å². The third-order valence-corrected chi connectivity index (χ3v) is 2.91. The number of nitro groups is 1. The molecule has 0 aliphatic heterocycles. The van der Waals surface area contributed by atoms with Crippen LogP contribution in [-0.4, -0.2) is 19.7 Å². The zero-order valence-electron chi connectivity index (χ0n) is 9.85. The van der Waals surface area contributed by atoms with Crippen LogP contribution in [0.25, 0.3) is 11.4 Å². The van der Waals surface area contributed by atoms with Gasteiger partial charge >= 0.3 is 6.18 Å². The van der Waals surface area contributed by atoms with Crippen LogP contribution in [0.5, 0.6) is 0 Å². The number of alkyl halides is 3. The Labute approximate surface area is 114 Å². The van der Waals surface area contributed by atoms with Crippen molar-refractivity contribution in [1.82, 2.24) is 14.8 Å². The van der Waals surface area contributed by atoms with Crippen LogP contribution >= 0.6 is 11.6 Å². The molecule has 6 nitrogen and oxygen atoms in total. The summed E-state index contributed by atoms with van der Waals surface area (Å²) in [7, 11) is 1.39. The normalized spacial score (nSPS) is 11.7. The second-order valence-corrected chi connectivity index (χ2v) is 4.17. The summed E-state index contributed by atoms with van der Waals surface area (Å²) in [5.74, 6) is -0.128. The van der Waals surface area contributed by atoms with E-state index in [0.717, 1.165) is 16.7 Å². The van der Waals surface area contributed by atoms with E-state index in [9.17, 15) is 23.3 Å². The fraction of sp³-hybridized carbons (Fsp3) is 0.200. The van der Waals surface area contributed by atoms with Crippen LogP contribution in [0.4, 0.5) is 18.9 Å². The highest BCUT2D eigenvalue weighted by Crippen LogP contribution is 2.38. The molecule has 0 unspecified atom stereocenters. The molecule has 0 saturated carbocycles. The molecule has 1 aromatic carbocycles. The van der Waals surface area contributed by atoms with E-state index < -0.39 is 22.4 Å². The van der Waals surface area contributed by atoms with Gasteiger partial charge in [-0.2, -0.15) is 13.2 Å². The SMILES string of the molecule is Cn1c(Cl)nnc1-c1ccc([N+](=O)[O-])cc1C(F)(F)F. The molecule has 20 heavy (non-hydrogen) atoms. The molecule has 0 fully saturated rings. The van der Waals surface area contributed by atoms with Crippen molar-refractivity contribution < 1.29 is 18.1 Å². The second kappa shape index (κ2) is 4.75. The molecule has 0 atom stereocenters. The molecular weight excluding hydrogens is 301 g/mol. The van der Waals surface area contributed by atoms with E-state index in [1.807, 2.05) is 0 Å². The summed E-state index contributed by atoms with van der Waals surface area (Å²) >= 11 is 5.63. The van der Waals surface area contributed by atoms with Crippen LogP contribution < -0.4 is 0 Å². The topological polar surface area (TPSA) is 73.8 Å². The lowest BCUT2D eigenvalue weighted by molar-refractivity contribution is -0.385. The number of aromatic nitrogens is 3. The summed E-state index contributed by atoms with van der Waals surface area (Å²) in [5.41, 5.74) is -2.15. The van der Waals surface area contributed by atoms with Crippen LogP contribution in [0.2, 0.25) is 5.28 Å². The molecular formula is C10H6ClF3N4O2. The summed E-state index contributed by atoms with van der Waals surface area (Å²) in [6.07, 6.45) is -4.76. The molecule has 106 valence electrons. The third kappa shape index (κ3) is 2.44. The maximum atomic E-state index is 13.0. The van der Waals surface area contributed by atoms with Gasteiger partial charge in [-0.1, -0.05) is 0 Å². The van der Waals surface area contributed by atoms with Gasteiger partial charge in [0.1, 0.15) is 0 Å². The molecule has 10 heteroatoms. The number of halogens is 4. The lowest BCUT2D eigenvalue weighted by atomic mass is 10.1. The fourth-order valence-corrected chi connectivity index (χ4v) is 1.74. The Morgan fingerprint density at radius 2 is 2.00 bits per heavy atom. The van der Waals surface area contributed by atoms with Crippen LogP contribution in [0.15, 0.2) is 18.2 Å². The Hall–Kier alpha value is -2.16. The Kier molecular flexibility index (Phi) is 3.38. The minimum absolute atomic E-state index is 0.0912. The Balaban J connectivity index is 2.70. The standard InChI is InChI=1S/C10H6ClF3N4O2/c1-17-8(15-16-9(17)11)6-3-2-5(18(19)20)4-7(6)10(12,13)14/h2-4H,1H3. The summed E-state index contributed by atoms with van der Waals surface area (Å²) in [6.45, 7) is 0. The molecule has 0 N–H and O–H groups in total. The predicted molar refractivity (Wildman–Crippen MR) is 63.1 cm³/mol. The van der Waals surface area contributed by atoms with E-state index in [2.05, 4.69) is 10.2 Å². The summed E-state index contributed by atoms with van der Waals surface area (Å²) in [6, 6.07) is 2.40. The quantitative estimate of drug-likeness (QED) is 0.631. The van der Waals surface area contributed by atoms with Crippen molar-refractivity contribution in [3.63, 3.8) is 0 Å². The zero-order chi connectivity index (χ0) is 15.1. The molecule has 0 radical (unpaired) electrons. The number of benzene rings is 1. The summed E-state index contributed by atoms with van der Waals surface area (Å²) in [5, 5.41) is 17.5. The summed E-state index contributed by atoms with van der Waals surface area (Å²) in [4.78, 5) is 9.68. The van der Waals surface area contributed by atoms with Gasteiger partial charge in [0.05, 0.1) is 10.5 Å². The van der Waals surface area contributed by atoms with Crippen molar-refractivity contribution in [2.24, 2.45) is 7.05 Å². The van der Waals surface area contributed by atoms with E-state index in [1.54, 1.807) is 0 Å². The van der Waals surface area contributed by atoms with Gasteiger partial charge in [-0.3, -0.25) is 10.1 Å². The zero-order valence-corrected chi connectivity index (χ0v) is 10.6. The second-order valence-electron chi connectivity index (χ2n) is 3.84.